The van der Waals surface area contributed by atoms with Crippen molar-refractivity contribution >= 4 is 22.7 Å². The van der Waals surface area contributed by atoms with Crippen LogP contribution in [-0.4, -0.2) is 11.9 Å². The smallest absolute Gasteiger partial charge is 0.545 e. The number of rotatable bonds is 2. The van der Waals surface area contributed by atoms with Crippen LogP contribution in [-0.2, 0) is 16.8 Å². The fourth-order valence-electron chi connectivity index (χ4n) is 1.66. The maximum absolute atomic E-state index is 10.8. The second-order valence-electron chi connectivity index (χ2n) is 3.28. The summed E-state index contributed by atoms with van der Waals surface area (Å²) in [6.07, 6.45) is 0. The molecule has 4 nitrogen and oxygen atoms in total. The van der Waals surface area contributed by atoms with Crippen molar-refractivity contribution in [3.05, 3.63) is 47.5 Å². The number of carbonyl (C=O) groups is 2. The van der Waals surface area contributed by atoms with E-state index in [-0.39, 0.29) is 27.9 Å². The molecule has 0 fully saturated rings. The monoisotopic (exact) mass is 273 g/mol. The van der Waals surface area contributed by atoms with Crippen molar-refractivity contribution in [1.82, 2.24) is 0 Å². The van der Waals surface area contributed by atoms with Crippen molar-refractivity contribution in [3.63, 3.8) is 0 Å². The average molecular weight is 273 g/mol. The molecule has 2 aromatic carbocycles. The summed E-state index contributed by atoms with van der Waals surface area (Å²) in [5.41, 5.74) is -0.0544. The number of hydrogen-bond acceptors (Lipinski definition) is 4. The molecule has 0 aliphatic heterocycles. The first-order valence-corrected chi connectivity index (χ1v) is 4.55. The van der Waals surface area contributed by atoms with Crippen LogP contribution < -0.4 is 10.2 Å². The number of aromatic carboxylic acids is 2. The molecule has 0 saturated carbocycles. The first-order valence-electron chi connectivity index (χ1n) is 4.55. The Morgan fingerprint density at radius 2 is 1.12 bits per heavy atom. The standard InChI is InChI=1S/C12H8O4.Co/c13-11(14)9-5-6-10(12(15)16)8-4-2-1-3-7(8)9;/h1-6H,(H,13,14)(H,15,16);/q;+2/p-2. The van der Waals surface area contributed by atoms with Crippen molar-refractivity contribution < 1.29 is 36.6 Å². The number of carboxylic acids is 2. The Kier molecular flexibility index (Phi) is 3.87. The van der Waals surface area contributed by atoms with Gasteiger partial charge in [0.1, 0.15) is 0 Å². The zero-order chi connectivity index (χ0) is 11.7. The van der Waals surface area contributed by atoms with E-state index in [0.29, 0.717) is 10.8 Å². The van der Waals surface area contributed by atoms with Gasteiger partial charge in [-0.2, -0.15) is 0 Å². The van der Waals surface area contributed by atoms with Gasteiger partial charge in [0.25, 0.3) is 0 Å². The van der Waals surface area contributed by atoms with Crippen LogP contribution in [0.4, 0.5) is 0 Å². The van der Waals surface area contributed by atoms with Crippen molar-refractivity contribution in [1.29, 1.82) is 0 Å². The Balaban J connectivity index is 0.00000144. The van der Waals surface area contributed by atoms with Crippen molar-refractivity contribution in [2.45, 2.75) is 0 Å². The molecule has 0 saturated heterocycles. The van der Waals surface area contributed by atoms with Gasteiger partial charge < -0.3 is 19.8 Å². The Labute approximate surface area is 107 Å². The second-order valence-corrected chi connectivity index (χ2v) is 3.28. The first kappa shape index (κ1) is 13.2. The Morgan fingerprint density at radius 3 is 1.41 bits per heavy atom. The third kappa shape index (κ3) is 2.30. The maximum Gasteiger partial charge on any atom is 2.00 e. The Bertz CT molecular complexity index is 540. The van der Waals surface area contributed by atoms with Crippen LogP contribution in [0, 0.1) is 0 Å². The molecule has 0 unspecified atom stereocenters. The Hall–Kier alpha value is -1.85. The largest absolute Gasteiger partial charge is 2.00 e. The summed E-state index contributed by atoms with van der Waals surface area (Å²) in [5.74, 6) is -2.66. The zero-order valence-corrected chi connectivity index (χ0v) is 9.47. The van der Waals surface area contributed by atoms with Gasteiger partial charge in [0, 0.05) is 11.1 Å². The van der Waals surface area contributed by atoms with Gasteiger partial charge in [-0.05, 0) is 10.8 Å². The molecule has 87 valence electrons. The van der Waals surface area contributed by atoms with Crippen LogP contribution >= 0.6 is 0 Å². The van der Waals surface area contributed by atoms with E-state index in [9.17, 15) is 19.8 Å². The van der Waals surface area contributed by atoms with Crippen molar-refractivity contribution in [2.24, 2.45) is 0 Å². The molecule has 0 bridgehead atoms. The summed E-state index contributed by atoms with van der Waals surface area (Å²) in [5, 5.41) is 22.3. The molecule has 2 aromatic rings. The van der Waals surface area contributed by atoms with E-state index in [4.69, 9.17) is 0 Å². The quantitative estimate of drug-likeness (QED) is 0.743. The first-order chi connectivity index (χ1) is 7.61. The van der Waals surface area contributed by atoms with Crippen LogP contribution in [0.2, 0.25) is 0 Å². The van der Waals surface area contributed by atoms with Crippen LogP contribution in [0.1, 0.15) is 20.7 Å². The number of fused-ring (bicyclic) bond motifs is 1. The van der Waals surface area contributed by atoms with E-state index >= 15 is 0 Å². The van der Waals surface area contributed by atoms with E-state index in [1.165, 1.54) is 24.3 Å². The van der Waals surface area contributed by atoms with E-state index in [0.717, 1.165) is 0 Å². The van der Waals surface area contributed by atoms with Crippen molar-refractivity contribution in [3.8, 4) is 0 Å². The normalized spacial score (nSPS) is 9.65. The third-order valence-corrected chi connectivity index (χ3v) is 2.36. The number of hydrogen-bond donors (Lipinski definition) is 0. The topological polar surface area (TPSA) is 80.3 Å². The molecule has 17 heavy (non-hydrogen) atoms. The zero-order valence-electron chi connectivity index (χ0n) is 8.43. The number of carbonyl (C=O) groups excluding carboxylic acids is 2. The fourth-order valence-corrected chi connectivity index (χ4v) is 1.66. The predicted octanol–water partition coefficient (Wildman–Crippen LogP) is -0.436. The van der Waals surface area contributed by atoms with E-state index < -0.39 is 11.9 Å². The van der Waals surface area contributed by atoms with E-state index in [1.54, 1.807) is 12.1 Å². The van der Waals surface area contributed by atoms with Gasteiger partial charge in [0.05, 0.1) is 11.9 Å². The van der Waals surface area contributed by atoms with Gasteiger partial charge in [0.15, 0.2) is 0 Å². The number of benzene rings is 2. The SMILES string of the molecule is O=C([O-])c1ccc(C(=O)[O-])c2ccccc12.[Co+2]. The summed E-state index contributed by atoms with van der Waals surface area (Å²) < 4.78 is 0. The van der Waals surface area contributed by atoms with Crippen LogP contribution in [0.5, 0.6) is 0 Å². The summed E-state index contributed by atoms with van der Waals surface area (Å²) in [6.45, 7) is 0. The molecule has 0 aromatic heterocycles. The summed E-state index contributed by atoms with van der Waals surface area (Å²) in [7, 11) is 0. The summed E-state index contributed by atoms with van der Waals surface area (Å²) in [4.78, 5) is 21.6. The molecule has 0 aliphatic carbocycles. The van der Waals surface area contributed by atoms with Crippen LogP contribution in [0.25, 0.3) is 10.8 Å². The fraction of sp³-hybridized carbons (Fsp3) is 0. The van der Waals surface area contributed by atoms with Gasteiger partial charge >= 0.3 is 16.8 Å². The van der Waals surface area contributed by atoms with Gasteiger partial charge in [-0.25, -0.2) is 0 Å². The van der Waals surface area contributed by atoms with Gasteiger partial charge in [0.2, 0.25) is 0 Å². The second kappa shape index (κ2) is 4.98. The van der Waals surface area contributed by atoms with Crippen LogP contribution in [0.15, 0.2) is 36.4 Å². The summed E-state index contributed by atoms with van der Waals surface area (Å²) in [6, 6.07) is 8.76. The molecule has 5 heteroatoms. The number of carboxylic acid groups (broad SMARTS) is 2. The molecular formula is C12H6CoO4. The van der Waals surface area contributed by atoms with E-state index in [1.807, 2.05) is 0 Å². The van der Waals surface area contributed by atoms with Gasteiger partial charge in [-0.15, -0.1) is 0 Å². The maximum atomic E-state index is 10.8. The van der Waals surface area contributed by atoms with Crippen LogP contribution in [0.3, 0.4) is 0 Å². The third-order valence-electron chi connectivity index (χ3n) is 2.36. The minimum atomic E-state index is -1.33. The molecule has 2 rings (SSSR count). The van der Waals surface area contributed by atoms with E-state index in [2.05, 4.69) is 0 Å². The molecule has 0 heterocycles. The summed E-state index contributed by atoms with van der Waals surface area (Å²) >= 11 is 0. The Morgan fingerprint density at radius 1 is 0.765 bits per heavy atom. The molecular weight excluding hydrogens is 267 g/mol. The molecule has 0 spiro atoms. The predicted molar refractivity (Wildman–Crippen MR) is 52.6 cm³/mol. The van der Waals surface area contributed by atoms with Gasteiger partial charge in [-0.3, -0.25) is 0 Å². The van der Waals surface area contributed by atoms with Gasteiger partial charge in [-0.1, -0.05) is 36.4 Å². The minimum Gasteiger partial charge on any atom is -0.545 e. The molecule has 0 aliphatic rings. The molecule has 1 radical (unpaired) electrons. The molecule has 0 N–H and O–H groups in total. The molecule has 0 atom stereocenters. The molecule has 0 amide bonds. The average Bonchev–Trinajstić information content (AvgIpc) is 2.27. The minimum absolute atomic E-state index is 0. The van der Waals surface area contributed by atoms with Crippen molar-refractivity contribution in [2.75, 3.05) is 0 Å².